The van der Waals surface area contributed by atoms with Crippen molar-refractivity contribution >= 4 is 45.7 Å². The Morgan fingerprint density at radius 1 is 0.536 bits per heavy atom. The first kappa shape index (κ1) is 21.0. The predicted molar refractivity (Wildman–Crippen MR) is 134 cm³/mol. The third kappa shape index (κ3) is 3.76. The highest BCUT2D eigenvalue weighted by Gasteiger charge is 2.48. The molecule has 0 amide bonds. The third-order valence-corrected chi connectivity index (χ3v) is 27.5. The fourth-order valence-electron chi connectivity index (χ4n) is 5.43. The first-order valence-electron chi connectivity index (χ1n) is 11.0. The molecule has 4 rings (SSSR count). The van der Waals surface area contributed by atoms with Gasteiger partial charge in [-0.25, -0.2) is 0 Å². The molecule has 0 nitrogen and oxygen atoms in total. The molecule has 4 heteroatoms. The highest BCUT2D eigenvalue weighted by Crippen LogP contribution is 2.87. The zero-order valence-corrected chi connectivity index (χ0v) is 20.1. The molecule has 0 N–H and O–H groups in total. The van der Waals surface area contributed by atoms with Crippen molar-refractivity contribution in [2.45, 2.75) is 75.5 Å². The molecule has 0 saturated heterocycles. The summed E-state index contributed by atoms with van der Waals surface area (Å²) in [6.45, 7) is 0. The first-order valence-corrected chi connectivity index (χ1v) is 17.4. The summed E-state index contributed by atoms with van der Waals surface area (Å²) in [6.07, 6.45) is 13.5. The van der Waals surface area contributed by atoms with E-state index in [1.807, 2.05) is 0 Å². The smallest absolute Gasteiger partial charge is 0.0415 e. The minimum Gasteiger partial charge on any atom is -0.0907 e. The molecule has 0 aromatic heterocycles. The van der Waals surface area contributed by atoms with Gasteiger partial charge in [-0.05, 0) is 47.6 Å². The molecule has 2 fully saturated rings. The minimum atomic E-state index is -2.02. The molecule has 28 heavy (non-hydrogen) atoms. The maximum atomic E-state index is 7.00. The Labute approximate surface area is 181 Å². The normalized spacial score (nSPS) is 20.1. The fraction of sp³-hybridized carbons (Fsp3) is 0.500. The van der Waals surface area contributed by atoms with E-state index in [0.717, 1.165) is 0 Å². The van der Waals surface area contributed by atoms with Gasteiger partial charge in [0.05, 0.1) is 0 Å². The van der Waals surface area contributed by atoms with E-state index in [2.05, 4.69) is 60.7 Å². The lowest BCUT2D eigenvalue weighted by atomic mass is 10.00. The number of benzene rings is 2. The van der Waals surface area contributed by atoms with Gasteiger partial charge in [0.15, 0.2) is 0 Å². The van der Waals surface area contributed by atoms with Crippen LogP contribution in [-0.2, 0) is 23.6 Å². The van der Waals surface area contributed by atoms with Crippen molar-refractivity contribution in [3.8, 4) is 0 Å². The molecule has 2 aromatic carbocycles. The van der Waals surface area contributed by atoms with Crippen molar-refractivity contribution in [1.82, 2.24) is 0 Å². The van der Waals surface area contributed by atoms with Gasteiger partial charge in [-0.1, -0.05) is 123 Å². The fourth-order valence-corrected chi connectivity index (χ4v) is 24.5. The van der Waals surface area contributed by atoms with Crippen molar-refractivity contribution in [2.75, 3.05) is 0 Å². The second-order valence-corrected chi connectivity index (χ2v) is 22.4. The van der Waals surface area contributed by atoms with E-state index in [0.29, 0.717) is 11.3 Å². The van der Waals surface area contributed by atoms with Crippen molar-refractivity contribution in [1.29, 1.82) is 0 Å². The van der Waals surface area contributed by atoms with Crippen LogP contribution in [0.2, 0.25) is 0 Å². The highest BCUT2D eigenvalue weighted by molar-refractivity contribution is 8.70. The molecule has 0 heterocycles. The molecule has 2 saturated carbocycles. The highest BCUT2D eigenvalue weighted by atomic mass is 32.8. The summed E-state index contributed by atoms with van der Waals surface area (Å²) in [5.74, 6) is 0. The average molecular weight is 447 g/mol. The van der Waals surface area contributed by atoms with E-state index in [-0.39, 0.29) is 0 Å². The minimum absolute atomic E-state index is 0.700. The topological polar surface area (TPSA) is 0 Å². The molecule has 2 aromatic rings. The SMILES string of the molecule is S=P(c1ccccc1)(c1ccccc1)P(=S)(C1CCCCC1)C1CCCCC1. The first-order chi connectivity index (χ1) is 13.7. The molecule has 0 radical (unpaired) electrons. The average Bonchev–Trinajstić information content (AvgIpc) is 2.80. The summed E-state index contributed by atoms with van der Waals surface area (Å²) in [5.41, 5.74) is -2.40. The lowest BCUT2D eigenvalue weighted by Crippen LogP contribution is -2.29. The van der Waals surface area contributed by atoms with Crippen LogP contribution in [0.1, 0.15) is 64.2 Å². The van der Waals surface area contributed by atoms with Gasteiger partial charge in [0, 0.05) is 11.5 Å². The maximum absolute atomic E-state index is 7.00. The Hall–Kier alpha value is -0.260. The standard InChI is InChI=1S/C24H32P2S2/c27-25(21-13-5-1-6-14-21,22-15-7-2-8-16-22)26(28,23-17-9-3-10-18-23)24-19-11-4-12-20-24/h1-2,5-8,13-16,23-24H,3-4,9-12,17-20H2. The predicted octanol–water partition coefficient (Wildman–Crippen LogP) is 7.18. The molecule has 2 aliphatic rings. The zero-order chi connectivity index (χ0) is 19.5. The lowest BCUT2D eigenvalue weighted by Gasteiger charge is -2.48. The van der Waals surface area contributed by atoms with Gasteiger partial charge in [-0.3, -0.25) is 0 Å². The van der Waals surface area contributed by atoms with Gasteiger partial charge in [0.1, 0.15) is 0 Å². The molecule has 0 unspecified atom stereocenters. The number of rotatable bonds is 5. The zero-order valence-electron chi connectivity index (χ0n) is 16.7. The van der Waals surface area contributed by atoms with Gasteiger partial charge < -0.3 is 0 Å². The van der Waals surface area contributed by atoms with Gasteiger partial charge in [0.25, 0.3) is 0 Å². The van der Waals surface area contributed by atoms with E-state index < -0.39 is 11.5 Å². The molecule has 2 aliphatic carbocycles. The van der Waals surface area contributed by atoms with Crippen LogP contribution in [0, 0.1) is 0 Å². The largest absolute Gasteiger partial charge is 0.0907 e. The monoisotopic (exact) mass is 446 g/mol. The second-order valence-electron chi connectivity index (χ2n) is 8.50. The molecule has 0 atom stereocenters. The van der Waals surface area contributed by atoms with Crippen molar-refractivity contribution < 1.29 is 0 Å². The summed E-state index contributed by atoms with van der Waals surface area (Å²) in [6, 6.07) is 22.2. The van der Waals surface area contributed by atoms with Crippen LogP contribution >= 0.6 is 11.5 Å². The van der Waals surface area contributed by atoms with Crippen LogP contribution in [0.15, 0.2) is 60.7 Å². The quantitative estimate of drug-likeness (QED) is 0.446. The summed E-state index contributed by atoms with van der Waals surface area (Å²) in [5, 5.41) is 2.77. The third-order valence-electron chi connectivity index (χ3n) is 6.85. The van der Waals surface area contributed by atoms with Gasteiger partial charge in [-0.2, -0.15) is 0 Å². The maximum Gasteiger partial charge on any atom is 0.0415 e. The number of hydrogen-bond acceptors (Lipinski definition) is 2. The number of hydrogen-bond donors (Lipinski definition) is 0. The molecule has 150 valence electrons. The summed E-state index contributed by atoms with van der Waals surface area (Å²) in [4.78, 5) is 0. The Morgan fingerprint density at radius 3 is 1.25 bits per heavy atom. The van der Waals surface area contributed by atoms with Crippen LogP contribution in [-0.4, -0.2) is 11.3 Å². The lowest BCUT2D eigenvalue weighted by molar-refractivity contribution is 0.487. The molecular formula is C24H32P2S2. The van der Waals surface area contributed by atoms with Gasteiger partial charge in [0.2, 0.25) is 0 Å². The molecule has 0 aliphatic heterocycles. The van der Waals surface area contributed by atoms with Crippen LogP contribution < -0.4 is 10.6 Å². The van der Waals surface area contributed by atoms with Crippen molar-refractivity contribution in [3.05, 3.63) is 60.7 Å². The Morgan fingerprint density at radius 2 is 0.893 bits per heavy atom. The van der Waals surface area contributed by atoms with Gasteiger partial charge >= 0.3 is 0 Å². The van der Waals surface area contributed by atoms with E-state index >= 15 is 0 Å². The Balaban J connectivity index is 1.93. The molecule has 0 bridgehead atoms. The van der Waals surface area contributed by atoms with Crippen LogP contribution in [0.5, 0.6) is 0 Å². The van der Waals surface area contributed by atoms with Gasteiger partial charge in [-0.15, -0.1) is 0 Å². The van der Waals surface area contributed by atoms with Crippen LogP contribution in [0.25, 0.3) is 0 Å². The van der Waals surface area contributed by atoms with Crippen molar-refractivity contribution in [2.24, 2.45) is 0 Å². The van der Waals surface area contributed by atoms with Crippen LogP contribution in [0.3, 0.4) is 0 Å². The van der Waals surface area contributed by atoms with E-state index in [1.54, 1.807) is 0 Å². The molecular weight excluding hydrogens is 414 g/mol. The summed E-state index contributed by atoms with van der Waals surface area (Å²) in [7, 11) is 0. The summed E-state index contributed by atoms with van der Waals surface area (Å²) >= 11 is 13.9. The Kier molecular flexibility index (Phi) is 6.94. The Bertz CT molecular complexity index is 785. The summed E-state index contributed by atoms with van der Waals surface area (Å²) < 4.78 is 0. The molecule has 0 spiro atoms. The van der Waals surface area contributed by atoms with E-state index in [9.17, 15) is 0 Å². The van der Waals surface area contributed by atoms with E-state index in [1.165, 1.54) is 74.8 Å². The van der Waals surface area contributed by atoms with Crippen LogP contribution in [0.4, 0.5) is 0 Å². The second kappa shape index (κ2) is 9.26. The van der Waals surface area contributed by atoms with E-state index in [4.69, 9.17) is 23.6 Å². The van der Waals surface area contributed by atoms with Crippen molar-refractivity contribution in [3.63, 3.8) is 0 Å².